The normalized spacial score (nSPS) is 17.4. The molecule has 2 rings (SSSR count). The van der Waals surface area contributed by atoms with E-state index < -0.39 is 0 Å². The summed E-state index contributed by atoms with van der Waals surface area (Å²) in [7, 11) is 0. The maximum absolute atomic E-state index is 12.1. The average molecular weight is 268 g/mol. The van der Waals surface area contributed by atoms with Crippen LogP contribution in [0.3, 0.4) is 0 Å². The Labute approximate surface area is 112 Å². The molecule has 1 aliphatic rings. The summed E-state index contributed by atoms with van der Waals surface area (Å²) in [5, 5.41) is 7.61. The molecule has 2 heterocycles. The number of hydrogen-bond acceptors (Lipinski definition) is 4. The third-order valence-electron chi connectivity index (χ3n) is 3.08. The predicted octanol–water partition coefficient (Wildman–Crippen LogP) is 2.03. The standard InChI is InChI=1S/C12H20N4OS/c1-8(2)10-13-12(15-14-10)18-9(3)11(17)16-6-4-5-7-16/h8-9H,4-7H2,1-3H3,(H,13,14,15)/t9-/m1/s1. The lowest BCUT2D eigenvalue weighted by Crippen LogP contribution is -2.34. The molecule has 0 aliphatic carbocycles. The highest BCUT2D eigenvalue weighted by molar-refractivity contribution is 8.00. The molecule has 0 saturated carbocycles. The van der Waals surface area contributed by atoms with Crippen molar-refractivity contribution in [1.29, 1.82) is 0 Å². The fourth-order valence-electron chi connectivity index (χ4n) is 1.97. The smallest absolute Gasteiger partial charge is 0.235 e. The van der Waals surface area contributed by atoms with E-state index in [0.717, 1.165) is 31.8 Å². The van der Waals surface area contributed by atoms with E-state index in [-0.39, 0.29) is 11.2 Å². The highest BCUT2D eigenvalue weighted by Gasteiger charge is 2.25. The molecule has 5 nitrogen and oxygen atoms in total. The van der Waals surface area contributed by atoms with E-state index in [1.165, 1.54) is 11.8 Å². The van der Waals surface area contributed by atoms with Gasteiger partial charge in [-0.05, 0) is 19.8 Å². The van der Waals surface area contributed by atoms with E-state index in [9.17, 15) is 4.79 Å². The number of carbonyl (C=O) groups is 1. The maximum Gasteiger partial charge on any atom is 0.235 e. The average Bonchev–Trinajstić information content (AvgIpc) is 2.98. The highest BCUT2D eigenvalue weighted by atomic mass is 32.2. The first-order valence-corrected chi connectivity index (χ1v) is 7.33. The van der Waals surface area contributed by atoms with Crippen molar-refractivity contribution in [2.45, 2.75) is 49.9 Å². The lowest BCUT2D eigenvalue weighted by Gasteiger charge is -2.18. The summed E-state index contributed by atoms with van der Waals surface area (Å²) in [6, 6.07) is 0. The van der Waals surface area contributed by atoms with E-state index in [1.54, 1.807) is 0 Å². The van der Waals surface area contributed by atoms with Crippen molar-refractivity contribution in [3.8, 4) is 0 Å². The molecular weight excluding hydrogens is 248 g/mol. The van der Waals surface area contributed by atoms with E-state index in [0.29, 0.717) is 11.1 Å². The van der Waals surface area contributed by atoms with Crippen LogP contribution >= 0.6 is 11.8 Å². The predicted molar refractivity (Wildman–Crippen MR) is 71.6 cm³/mol. The van der Waals surface area contributed by atoms with Crippen molar-refractivity contribution in [1.82, 2.24) is 20.1 Å². The summed E-state index contributed by atoms with van der Waals surface area (Å²) in [4.78, 5) is 18.5. The van der Waals surface area contributed by atoms with Crippen LogP contribution in [0.5, 0.6) is 0 Å². The second kappa shape index (κ2) is 5.73. The first kappa shape index (κ1) is 13.4. The Bertz CT molecular complexity index is 412. The van der Waals surface area contributed by atoms with E-state index in [4.69, 9.17) is 0 Å². The van der Waals surface area contributed by atoms with Gasteiger partial charge in [0.2, 0.25) is 11.1 Å². The lowest BCUT2D eigenvalue weighted by molar-refractivity contribution is -0.129. The second-order valence-electron chi connectivity index (χ2n) is 4.95. The molecule has 1 aromatic rings. The number of hydrogen-bond donors (Lipinski definition) is 1. The van der Waals surface area contributed by atoms with Gasteiger partial charge in [0.15, 0.2) is 0 Å². The van der Waals surface area contributed by atoms with Crippen molar-refractivity contribution >= 4 is 17.7 Å². The van der Waals surface area contributed by atoms with Crippen molar-refractivity contribution in [2.75, 3.05) is 13.1 Å². The highest BCUT2D eigenvalue weighted by Crippen LogP contribution is 2.23. The van der Waals surface area contributed by atoms with Gasteiger partial charge in [0.1, 0.15) is 5.82 Å². The summed E-state index contributed by atoms with van der Waals surface area (Å²) in [5.41, 5.74) is 0. The SMILES string of the molecule is CC(C)c1nc(S[C@H](C)C(=O)N2CCCC2)n[nH]1. The van der Waals surface area contributed by atoms with E-state index in [1.807, 2.05) is 11.8 Å². The molecule has 100 valence electrons. The monoisotopic (exact) mass is 268 g/mol. The Morgan fingerprint density at radius 3 is 2.56 bits per heavy atom. The number of H-pyrrole nitrogens is 1. The summed E-state index contributed by atoms with van der Waals surface area (Å²) in [6.45, 7) is 7.85. The van der Waals surface area contributed by atoms with Gasteiger partial charge in [-0.25, -0.2) is 4.98 Å². The van der Waals surface area contributed by atoms with Crippen LogP contribution in [0.15, 0.2) is 5.16 Å². The van der Waals surface area contributed by atoms with Crippen molar-refractivity contribution in [2.24, 2.45) is 0 Å². The minimum Gasteiger partial charge on any atom is -0.342 e. The number of nitrogens with zero attached hydrogens (tertiary/aromatic N) is 3. The molecule has 0 unspecified atom stereocenters. The van der Waals surface area contributed by atoms with E-state index >= 15 is 0 Å². The van der Waals surface area contributed by atoms with Gasteiger partial charge in [0, 0.05) is 19.0 Å². The van der Waals surface area contributed by atoms with Gasteiger partial charge in [0.05, 0.1) is 5.25 Å². The molecule has 1 atom stereocenters. The molecule has 1 N–H and O–H groups in total. The molecule has 6 heteroatoms. The van der Waals surface area contributed by atoms with Gasteiger partial charge in [0.25, 0.3) is 0 Å². The van der Waals surface area contributed by atoms with Gasteiger partial charge in [-0.2, -0.15) is 0 Å². The van der Waals surface area contributed by atoms with Crippen molar-refractivity contribution < 1.29 is 4.79 Å². The maximum atomic E-state index is 12.1. The Kier molecular flexibility index (Phi) is 4.27. The Morgan fingerprint density at radius 1 is 1.33 bits per heavy atom. The number of aromatic nitrogens is 3. The van der Waals surface area contributed by atoms with Crippen LogP contribution < -0.4 is 0 Å². The summed E-state index contributed by atoms with van der Waals surface area (Å²) >= 11 is 1.43. The molecule has 1 amide bonds. The van der Waals surface area contributed by atoms with Crippen LogP contribution in [-0.4, -0.2) is 44.3 Å². The third kappa shape index (κ3) is 3.04. The van der Waals surface area contributed by atoms with Crippen LogP contribution in [0.4, 0.5) is 0 Å². The number of likely N-dealkylation sites (tertiary alicyclic amines) is 1. The number of aromatic amines is 1. The summed E-state index contributed by atoms with van der Waals surface area (Å²) < 4.78 is 0. The minimum absolute atomic E-state index is 0.112. The van der Waals surface area contributed by atoms with Crippen molar-refractivity contribution in [3.05, 3.63) is 5.82 Å². The van der Waals surface area contributed by atoms with Crippen LogP contribution in [0.1, 0.15) is 45.4 Å². The van der Waals surface area contributed by atoms with Crippen molar-refractivity contribution in [3.63, 3.8) is 0 Å². The number of amides is 1. The van der Waals surface area contributed by atoms with Crippen LogP contribution in [0, 0.1) is 0 Å². The molecule has 1 fully saturated rings. The first-order chi connectivity index (χ1) is 8.58. The Morgan fingerprint density at radius 2 is 2.00 bits per heavy atom. The molecule has 1 aromatic heterocycles. The molecular formula is C12H20N4OS. The third-order valence-corrected chi connectivity index (χ3v) is 4.03. The van der Waals surface area contributed by atoms with Crippen LogP contribution in [0.25, 0.3) is 0 Å². The van der Waals surface area contributed by atoms with Gasteiger partial charge in [-0.1, -0.05) is 25.6 Å². The minimum atomic E-state index is -0.112. The van der Waals surface area contributed by atoms with E-state index in [2.05, 4.69) is 29.0 Å². The Hall–Kier alpha value is -1.04. The zero-order valence-electron chi connectivity index (χ0n) is 11.1. The second-order valence-corrected chi connectivity index (χ2v) is 6.26. The molecule has 0 spiro atoms. The number of rotatable bonds is 4. The van der Waals surface area contributed by atoms with Gasteiger partial charge in [-0.3, -0.25) is 9.89 Å². The fourth-order valence-corrected chi connectivity index (χ4v) is 2.79. The number of thioether (sulfide) groups is 1. The molecule has 0 bridgehead atoms. The fraction of sp³-hybridized carbons (Fsp3) is 0.750. The zero-order valence-corrected chi connectivity index (χ0v) is 12.0. The number of carbonyl (C=O) groups excluding carboxylic acids is 1. The molecule has 1 saturated heterocycles. The number of nitrogens with one attached hydrogen (secondary N) is 1. The molecule has 0 aromatic carbocycles. The Balaban J connectivity index is 1.93. The van der Waals surface area contributed by atoms with Crippen LogP contribution in [0.2, 0.25) is 0 Å². The largest absolute Gasteiger partial charge is 0.342 e. The topological polar surface area (TPSA) is 61.9 Å². The quantitative estimate of drug-likeness (QED) is 0.849. The lowest BCUT2D eigenvalue weighted by atomic mass is 10.2. The molecule has 18 heavy (non-hydrogen) atoms. The zero-order chi connectivity index (χ0) is 13.1. The summed E-state index contributed by atoms with van der Waals surface area (Å²) in [5.74, 6) is 1.41. The summed E-state index contributed by atoms with van der Waals surface area (Å²) in [6.07, 6.45) is 2.25. The molecule has 0 radical (unpaired) electrons. The molecule has 1 aliphatic heterocycles. The van der Waals surface area contributed by atoms with Gasteiger partial charge < -0.3 is 4.90 Å². The van der Waals surface area contributed by atoms with Gasteiger partial charge in [-0.15, -0.1) is 5.10 Å². The van der Waals surface area contributed by atoms with Gasteiger partial charge >= 0.3 is 0 Å². The van der Waals surface area contributed by atoms with Crippen LogP contribution in [-0.2, 0) is 4.79 Å². The first-order valence-electron chi connectivity index (χ1n) is 6.45.